The molecule has 0 spiro atoms. The van der Waals surface area contributed by atoms with Gasteiger partial charge in [-0.05, 0) is 32.1 Å². The number of hydrogen-bond acceptors (Lipinski definition) is 4. The smallest absolute Gasteiger partial charge is 0.306 e. The van der Waals surface area contributed by atoms with Crippen LogP contribution in [0.2, 0.25) is 0 Å². The highest BCUT2D eigenvalue weighted by Crippen LogP contribution is 2.36. The molecule has 0 aromatic rings. The Morgan fingerprint density at radius 2 is 2.06 bits per heavy atom. The van der Waals surface area contributed by atoms with Crippen LogP contribution in [0.5, 0.6) is 0 Å². The maximum absolute atomic E-state index is 11.9. The molecular weight excluding hydrogens is 230 g/mol. The Kier molecular flexibility index (Phi) is 3.39. The standard InChI is InChI=1S/C14H21NO3/c15-10-1-3-11(4-2-10)18-14(16)8-9-7-12-5-6-13(9)17-12/h5-6,9-13H,1-4,7-8,15H2. The molecule has 2 N–H and O–H groups in total. The molecule has 3 unspecified atom stereocenters. The van der Waals surface area contributed by atoms with E-state index in [2.05, 4.69) is 12.2 Å². The molecule has 4 nitrogen and oxygen atoms in total. The van der Waals surface area contributed by atoms with Gasteiger partial charge in [-0.3, -0.25) is 4.79 Å². The van der Waals surface area contributed by atoms with Crippen molar-refractivity contribution in [2.45, 2.75) is 62.9 Å². The second kappa shape index (κ2) is 5.02. The maximum Gasteiger partial charge on any atom is 0.306 e. The second-order valence-electron chi connectivity index (χ2n) is 5.75. The number of carbonyl (C=O) groups excluding carboxylic acids is 1. The van der Waals surface area contributed by atoms with Gasteiger partial charge < -0.3 is 15.2 Å². The van der Waals surface area contributed by atoms with Crippen molar-refractivity contribution < 1.29 is 14.3 Å². The summed E-state index contributed by atoms with van der Waals surface area (Å²) in [6.45, 7) is 0. The Balaban J connectivity index is 1.43. The number of carbonyl (C=O) groups is 1. The Bertz CT molecular complexity index is 347. The van der Waals surface area contributed by atoms with Gasteiger partial charge in [0.2, 0.25) is 0 Å². The molecule has 0 aromatic carbocycles. The molecule has 2 heterocycles. The van der Waals surface area contributed by atoms with Crippen LogP contribution in [-0.2, 0) is 14.3 Å². The first-order chi connectivity index (χ1) is 8.70. The number of esters is 1. The molecule has 3 rings (SSSR count). The van der Waals surface area contributed by atoms with Crippen LogP contribution in [0.3, 0.4) is 0 Å². The van der Waals surface area contributed by atoms with Gasteiger partial charge in [0.05, 0.1) is 18.6 Å². The van der Waals surface area contributed by atoms with E-state index >= 15 is 0 Å². The zero-order valence-electron chi connectivity index (χ0n) is 10.6. The van der Waals surface area contributed by atoms with E-state index in [9.17, 15) is 4.79 Å². The van der Waals surface area contributed by atoms with Gasteiger partial charge >= 0.3 is 5.97 Å². The summed E-state index contributed by atoms with van der Waals surface area (Å²) in [5.74, 6) is 0.253. The zero-order chi connectivity index (χ0) is 12.5. The highest BCUT2D eigenvalue weighted by atomic mass is 16.5. The summed E-state index contributed by atoms with van der Waals surface area (Å²) in [6.07, 6.45) is 9.87. The Labute approximate surface area is 108 Å². The highest BCUT2D eigenvalue weighted by molar-refractivity contribution is 5.70. The van der Waals surface area contributed by atoms with Crippen LogP contribution in [0.4, 0.5) is 0 Å². The number of fused-ring (bicyclic) bond motifs is 2. The second-order valence-corrected chi connectivity index (χ2v) is 5.75. The lowest BCUT2D eigenvalue weighted by molar-refractivity contribution is -0.152. The quantitative estimate of drug-likeness (QED) is 0.610. The molecule has 1 aliphatic carbocycles. The van der Waals surface area contributed by atoms with Crippen molar-refractivity contribution in [2.75, 3.05) is 0 Å². The summed E-state index contributed by atoms with van der Waals surface area (Å²) < 4.78 is 11.2. The minimum absolute atomic E-state index is 0.0648. The van der Waals surface area contributed by atoms with Crippen molar-refractivity contribution in [1.29, 1.82) is 0 Å². The van der Waals surface area contributed by atoms with Crippen LogP contribution >= 0.6 is 0 Å². The SMILES string of the molecule is NC1CCC(OC(=O)CC2CC3C=CC2O3)CC1. The topological polar surface area (TPSA) is 61.5 Å². The van der Waals surface area contributed by atoms with E-state index in [1.807, 2.05) is 0 Å². The lowest BCUT2D eigenvalue weighted by Crippen LogP contribution is -2.32. The van der Waals surface area contributed by atoms with Crippen LogP contribution < -0.4 is 5.73 Å². The third kappa shape index (κ3) is 2.59. The molecule has 1 saturated heterocycles. The summed E-state index contributed by atoms with van der Waals surface area (Å²) in [4.78, 5) is 11.9. The van der Waals surface area contributed by atoms with E-state index in [0.29, 0.717) is 18.4 Å². The predicted molar refractivity (Wildman–Crippen MR) is 66.8 cm³/mol. The number of nitrogens with two attached hydrogens (primary N) is 1. The fraction of sp³-hybridized carbons (Fsp3) is 0.786. The van der Waals surface area contributed by atoms with Crippen LogP contribution in [0.15, 0.2) is 12.2 Å². The highest BCUT2D eigenvalue weighted by Gasteiger charge is 2.38. The van der Waals surface area contributed by atoms with Crippen molar-refractivity contribution in [2.24, 2.45) is 11.7 Å². The minimum Gasteiger partial charge on any atom is -0.462 e. The van der Waals surface area contributed by atoms with Crippen LogP contribution in [-0.4, -0.2) is 30.3 Å². The average Bonchev–Trinajstić information content (AvgIpc) is 2.94. The average molecular weight is 251 g/mol. The summed E-state index contributed by atoms with van der Waals surface area (Å²) in [5.41, 5.74) is 5.84. The fourth-order valence-corrected chi connectivity index (χ4v) is 3.21. The van der Waals surface area contributed by atoms with Gasteiger partial charge in [-0.1, -0.05) is 12.2 Å². The van der Waals surface area contributed by atoms with E-state index in [1.165, 1.54) is 0 Å². The van der Waals surface area contributed by atoms with E-state index in [4.69, 9.17) is 15.2 Å². The van der Waals surface area contributed by atoms with E-state index in [-0.39, 0.29) is 24.3 Å². The van der Waals surface area contributed by atoms with Crippen LogP contribution in [0.1, 0.15) is 38.5 Å². The Morgan fingerprint density at radius 1 is 1.28 bits per heavy atom. The summed E-state index contributed by atoms with van der Waals surface area (Å²) in [7, 11) is 0. The molecule has 2 bridgehead atoms. The van der Waals surface area contributed by atoms with Gasteiger partial charge in [0, 0.05) is 12.0 Å². The van der Waals surface area contributed by atoms with Gasteiger partial charge in [-0.25, -0.2) is 0 Å². The first-order valence-electron chi connectivity index (χ1n) is 6.99. The van der Waals surface area contributed by atoms with Crippen molar-refractivity contribution in [3.05, 3.63) is 12.2 Å². The largest absolute Gasteiger partial charge is 0.462 e. The first kappa shape index (κ1) is 12.2. The molecular formula is C14H21NO3. The Hall–Kier alpha value is -0.870. The maximum atomic E-state index is 11.9. The third-order valence-corrected chi connectivity index (χ3v) is 4.29. The van der Waals surface area contributed by atoms with Gasteiger partial charge in [0.1, 0.15) is 6.10 Å². The van der Waals surface area contributed by atoms with Crippen molar-refractivity contribution >= 4 is 5.97 Å². The third-order valence-electron chi connectivity index (χ3n) is 4.29. The lowest BCUT2D eigenvalue weighted by Gasteiger charge is -2.26. The molecule has 18 heavy (non-hydrogen) atoms. The van der Waals surface area contributed by atoms with Gasteiger partial charge in [0.15, 0.2) is 0 Å². The van der Waals surface area contributed by atoms with Crippen LogP contribution in [0, 0.1) is 5.92 Å². The van der Waals surface area contributed by atoms with Gasteiger partial charge in [-0.2, -0.15) is 0 Å². The predicted octanol–water partition coefficient (Wildman–Crippen LogP) is 1.53. The van der Waals surface area contributed by atoms with Crippen molar-refractivity contribution in [1.82, 2.24) is 0 Å². The monoisotopic (exact) mass is 251 g/mol. The number of ether oxygens (including phenoxy) is 2. The molecule has 2 aliphatic heterocycles. The Morgan fingerprint density at radius 3 is 2.67 bits per heavy atom. The number of hydrogen-bond donors (Lipinski definition) is 1. The van der Waals surface area contributed by atoms with E-state index in [0.717, 1.165) is 32.1 Å². The molecule has 0 aromatic heterocycles. The first-order valence-corrected chi connectivity index (χ1v) is 6.99. The molecule has 3 aliphatic rings. The molecule has 0 radical (unpaired) electrons. The minimum atomic E-state index is -0.0648. The molecule has 4 heteroatoms. The van der Waals surface area contributed by atoms with Crippen molar-refractivity contribution in [3.8, 4) is 0 Å². The zero-order valence-corrected chi connectivity index (χ0v) is 10.6. The molecule has 100 valence electrons. The van der Waals surface area contributed by atoms with E-state index in [1.54, 1.807) is 0 Å². The number of rotatable bonds is 3. The van der Waals surface area contributed by atoms with Gasteiger partial charge in [0.25, 0.3) is 0 Å². The molecule has 1 saturated carbocycles. The van der Waals surface area contributed by atoms with E-state index < -0.39 is 0 Å². The summed E-state index contributed by atoms with van der Waals surface area (Å²) >= 11 is 0. The normalized spacial score (nSPS) is 42.2. The van der Waals surface area contributed by atoms with Crippen molar-refractivity contribution in [3.63, 3.8) is 0 Å². The van der Waals surface area contributed by atoms with Gasteiger partial charge in [-0.15, -0.1) is 0 Å². The molecule has 2 fully saturated rings. The molecule has 0 amide bonds. The molecule has 3 atom stereocenters. The fourth-order valence-electron chi connectivity index (χ4n) is 3.21. The summed E-state index contributed by atoms with van der Waals surface area (Å²) in [6, 6.07) is 0.295. The lowest BCUT2D eigenvalue weighted by atomic mass is 9.91. The summed E-state index contributed by atoms with van der Waals surface area (Å²) in [5, 5.41) is 0. The van der Waals surface area contributed by atoms with Crippen LogP contribution in [0.25, 0.3) is 0 Å².